The van der Waals surface area contributed by atoms with Gasteiger partial charge in [0.2, 0.25) is 0 Å². The van der Waals surface area contributed by atoms with Gasteiger partial charge in [-0.25, -0.2) is 9.48 Å². The van der Waals surface area contributed by atoms with Gasteiger partial charge in [-0.15, -0.1) is 0 Å². The van der Waals surface area contributed by atoms with Crippen LogP contribution in [0, 0.1) is 0 Å². The summed E-state index contributed by atoms with van der Waals surface area (Å²) in [6.07, 6.45) is 0. The number of esters is 1. The monoisotopic (exact) mass is 354 g/mol. The SMILES string of the molecule is COc1ccc(OC)c(COC(=O)c2nn(C)c(=O)c3ccccc23)c1. The van der Waals surface area contributed by atoms with Crippen LogP contribution in [-0.4, -0.2) is 30.0 Å². The summed E-state index contributed by atoms with van der Waals surface area (Å²) in [5.41, 5.74) is 0.477. The number of carbonyl (C=O) groups excluding carboxylic acids is 1. The summed E-state index contributed by atoms with van der Waals surface area (Å²) in [4.78, 5) is 24.7. The maximum Gasteiger partial charge on any atom is 0.359 e. The van der Waals surface area contributed by atoms with Crippen molar-refractivity contribution in [3.8, 4) is 11.5 Å². The molecule has 0 radical (unpaired) electrons. The van der Waals surface area contributed by atoms with Crippen LogP contribution < -0.4 is 15.0 Å². The normalized spacial score (nSPS) is 10.6. The molecule has 0 aliphatic rings. The quantitative estimate of drug-likeness (QED) is 0.654. The lowest BCUT2D eigenvalue weighted by atomic mass is 10.1. The molecule has 0 saturated heterocycles. The molecule has 0 aliphatic heterocycles. The molecule has 134 valence electrons. The molecule has 0 atom stereocenters. The van der Waals surface area contributed by atoms with Gasteiger partial charge in [0.05, 0.1) is 19.6 Å². The number of hydrogen-bond donors (Lipinski definition) is 0. The summed E-state index contributed by atoms with van der Waals surface area (Å²) >= 11 is 0. The Hall–Kier alpha value is -3.35. The van der Waals surface area contributed by atoms with Crippen molar-refractivity contribution in [1.82, 2.24) is 9.78 Å². The summed E-state index contributed by atoms with van der Waals surface area (Å²) < 4.78 is 17.0. The van der Waals surface area contributed by atoms with E-state index in [1.165, 1.54) is 14.2 Å². The lowest BCUT2D eigenvalue weighted by Crippen LogP contribution is -2.23. The second kappa shape index (κ2) is 7.26. The highest BCUT2D eigenvalue weighted by Gasteiger charge is 2.18. The average molecular weight is 354 g/mol. The zero-order valence-electron chi connectivity index (χ0n) is 14.7. The van der Waals surface area contributed by atoms with Crippen LogP contribution >= 0.6 is 0 Å². The molecule has 0 saturated carbocycles. The first kappa shape index (κ1) is 17.5. The molecule has 0 unspecified atom stereocenters. The fraction of sp³-hybridized carbons (Fsp3) is 0.211. The van der Waals surface area contributed by atoms with E-state index in [4.69, 9.17) is 14.2 Å². The van der Waals surface area contributed by atoms with Crippen LogP contribution in [0.2, 0.25) is 0 Å². The summed E-state index contributed by atoms with van der Waals surface area (Å²) in [6, 6.07) is 12.0. The molecule has 0 aliphatic carbocycles. The summed E-state index contributed by atoms with van der Waals surface area (Å²) in [7, 11) is 4.59. The Morgan fingerprint density at radius 3 is 2.50 bits per heavy atom. The Labute approximate surface area is 149 Å². The van der Waals surface area contributed by atoms with E-state index in [0.29, 0.717) is 27.8 Å². The van der Waals surface area contributed by atoms with Gasteiger partial charge in [0.25, 0.3) is 5.56 Å². The number of benzene rings is 2. The molecule has 3 rings (SSSR count). The lowest BCUT2D eigenvalue weighted by Gasteiger charge is -2.12. The fourth-order valence-electron chi connectivity index (χ4n) is 2.66. The van der Waals surface area contributed by atoms with Crippen LogP contribution in [0.3, 0.4) is 0 Å². The van der Waals surface area contributed by atoms with E-state index in [1.807, 2.05) is 0 Å². The average Bonchev–Trinajstić information content (AvgIpc) is 2.68. The van der Waals surface area contributed by atoms with Gasteiger partial charge in [-0.05, 0) is 24.3 Å². The van der Waals surface area contributed by atoms with Crippen molar-refractivity contribution < 1.29 is 19.0 Å². The van der Waals surface area contributed by atoms with Crippen molar-refractivity contribution in [2.45, 2.75) is 6.61 Å². The van der Waals surface area contributed by atoms with Gasteiger partial charge in [-0.1, -0.05) is 18.2 Å². The van der Waals surface area contributed by atoms with Gasteiger partial charge in [0.1, 0.15) is 18.1 Å². The largest absolute Gasteiger partial charge is 0.497 e. The number of fused-ring (bicyclic) bond motifs is 1. The molecular formula is C19H18N2O5. The van der Waals surface area contributed by atoms with Crippen LogP contribution in [0.1, 0.15) is 16.1 Å². The molecule has 0 amide bonds. The fourth-order valence-corrected chi connectivity index (χ4v) is 2.66. The molecule has 0 fully saturated rings. The second-order valence-electron chi connectivity index (χ2n) is 5.58. The van der Waals surface area contributed by atoms with Crippen molar-refractivity contribution in [2.24, 2.45) is 7.05 Å². The molecular weight excluding hydrogens is 336 g/mol. The van der Waals surface area contributed by atoms with Crippen LogP contribution in [0.15, 0.2) is 47.3 Å². The minimum atomic E-state index is -0.623. The van der Waals surface area contributed by atoms with Crippen molar-refractivity contribution in [2.75, 3.05) is 14.2 Å². The first-order valence-corrected chi connectivity index (χ1v) is 7.89. The Morgan fingerprint density at radius 1 is 1.08 bits per heavy atom. The van der Waals surface area contributed by atoms with E-state index in [9.17, 15) is 9.59 Å². The predicted octanol–water partition coefficient (Wildman–Crippen LogP) is 2.31. The lowest BCUT2D eigenvalue weighted by molar-refractivity contribution is 0.0462. The van der Waals surface area contributed by atoms with Crippen LogP contribution in [-0.2, 0) is 18.4 Å². The van der Waals surface area contributed by atoms with Crippen LogP contribution in [0.4, 0.5) is 0 Å². The number of aromatic nitrogens is 2. The number of carbonyl (C=O) groups is 1. The Bertz CT molecular complexity index is 1030. The van der Waals surface area contributed by atoms with Crippen molar-refractivity contribution >= 4 is 16.7 Å². The van der Waals surface area contributed by atoms with Gasteiger partial charge in [0, 0.05) is 18.0 Å². The molecule has 1 heterocycles. The molecule has 7 heteroatoms. The highest BCUT2D eigenvalue weighted by Crippen LogP contribution is 2.25. The van der Waals surface area contributed by atoms with E-state index in [2.05, 4.69) is 5.10 Å². The third kappa shape index (κ3) is 3.23. The maximum atomic E-state index is 12.6. The van der Waals surface area contributed by atoms with Crippen LogP contribution in [0.25, 0.3) is 10.8 Å². The molecule has 0 spiro atoms. The highest BCUT2D eigenvalue weighted by molar-refractivity contribution is 6.02. The number of ether oxygens (including phenoxy) is 3. The number of methoxy groups -OCH3 is 2. The molecule has 1 aromatic heterocycles. The van der Waals surface area contributed by atoms with E-state index < -0.39 is 5.97 Å². The van der Waals surface area contributed by atoms with E-state index >= 15 is 0 Å². The van der Waals surface area contributed by atoms with Crippen LogP contribution in [0.5, 0.6) is 11.5 Å². The van der Waals surface area contributed by atoms with Crippen molar-refractivity contribution in [1.29, 1.82) is 0 Å². The molecule has 0 bridgehead atoms. The predicted molar refractivity (Wildman–Crippen MR) is 95.6 cm³/mol. The van der Waals surface area contributed by atoms with E-state index in [0.717, 1.165) is 4.68 Å². The van der Waals surface area contributed by atoms with Crippen molar-refractivity contribution in [3.63, 3.8) is 0 Å². The standard InChI is InChI=1S/C19H18N2O5/c1-21-18(22)15-7-5-4-6-14(15)17(20-21)19(23)26-11-12-10-13(24-2)8-9-16(12)25-3/h4-10H,11H2,1-3H3. The number of hydrogen-bond acceptors (Lipinski definition) is 6. The Morgan fingerprint density at radius 2 is 1.81 bits per heavy atom. The minimum absolute atomic E-state index is 0.0158. The first-order chi connectivity index (χ1) is 12.5. The zero-order valence-corrected chi connectivity index (χ0v) is 14.7. The van der Waals surface area contributed by atoms with E-state index in [1.54, 1.807) is 49.6 Å². The van der Waals surface area contributed by atoms with Crippen molar-refractivity contribution in [3.05, 3.63) is 64.1 Å². The molecule has 26 heavy (non-hydrogen) atoms. The molecule has 3 aromatic rings. The number of aryl methyl sites for hydroxylation is 1. The Balaban J connectivity index is 1.92. The maximum absolute atomic E-state index is 12.6. The minimum Gasteiger partial charge on any atom is -0.497 e. The molecule has 2 aromatic carbocycles. The topological polar surface area (TPSA) is 79.7 Å². The van der Waals surface area contributed by atoms with Gasteiger partial charge in [-0.3, -0.25) is 4.79 Å². The molecule has 0 N–H and O–H groups in total. The van der Waals surface area contributed by atoms with Gasteiger partial charge in [0.15, 0.2) is 5.69 Å². The van der Waals surface area contributed by atoms with Gasteiger partial charge in [-0.2, -0.15) is 5.10 Å². The second-order valence-corrected chi connectivity index (χ2v) is 5.58. The van der Waals surface area contributed by atoms with E-state index in [-0.39, 0.29) is 17.9 Å². The van der Waals surface area contributed by atoms with Gasteiger partial charge < -0.3 is 14.2 Å². The highest BCUT2D eigenvalue weighted by atomic mass is 16.5. The van der Waals surface area contributed by atoms with Gasteiger partial charge >= 0.3 is 5.97 Å². The third-order valence-electron chi connectivity index (χ3n) is 4.00. The summed E-state index contributed by atoms with van der Waals surface area (Å²) in [6.45, 7) is -0.0158. The molecule has 7 nitrogen and oxygen atoms in total. The zero-order chi connectivity index (χ0) is 18.7. The first-order valence-electron chi connectivity index (χ1n) is 7.89. The summed E-state index contributed by atoms with van der Waals surface area (Å²) in [5.74, 6) is 0.584. The number of rotatable bonds is 5. The third-order valence-corrected chi connectivity index (χ3v) is 4.00. The summed E-state index contributed by atoms with van der Waals surface area (Å²) in [5, 5.41) is 4.93. The smallest absolute Gasteiger partial charge is 0.359 e. The number of nitrogens with zero attached hydrogens (tertiary/aromatic N) is 2. The Kier molecular flexibility index (Phi) is 4.88.